The number of nitrogens with zero attached hydrogens (tertiary/aromatic N) is 1. The molecule has 0 unspecified atom stereocenters. The lowest BCUT2D eigenvalue weighted by molar-refractivity contribution is -0.161. The van der Waals surface area contributed by atoms with Gasteiger partial charge >= 0.3 is 12.4 Å². The number of benzene rings is 1. The lowest BCUT2D eigenvalue weighted by Gasteiger charge is -2.19. The Labute approximate surface area is 140 Å². The molecule has 0 saturated heterocycles. The fourth-order valence-corrected chi connectivity index (χ4v) is 2.63. The molecule has 0 aliphatic carbocycles. The standard InChI is InChI=1S/C13H4Cl3F6N/c14-6-1-2-7(15)10(16)8(6)11-9(13(20,21)22)5(3-4-23-11)12(17,18)19/h1-4H. The van der Waals surface area contributed by atoms with E-state index in [1.165, 1.54) is 6.07 Å². The summed E-state index contributed by atoms with van der Waals surface area (Å²) in [6.07, 6.45) is -9.97. The summed E-state index contributed by atoms with van der Waals surface area (Å²) in [5.74, 6) is 0. The molecule has 2 aromatic rings. The van der Waals surface area contributed by atoms with E-state index in [0.29, 0.717) is 6.20 Å². The van der Waals surface area contributed by atoms with E-state index in [4.69, 9.17) is 34.8 Å². The minimum absolute atomic E-state index is 0.168. The van der Waals surface area contributed by atoms with Crippen LogP contribution in [0.5, 0.6) is 0 Å². The van der Waals surface area contributed by atoms with Crippen LogP contribution >= 0.6 is 34.8 Å². The third-order valence-electron chi connectivity index (χ3n) is 2.82. The van der Waals surface area contributed by atoms with Gasteiger partial charge in [0.05, 0.1) is 31.9 Å². The van der Waals surface area contributed by atoms with Gasteiger partial charge in [-0.15, -0.1) is 0 Å². The molecule has 2 rings (SSSR count). The van der Waals surface area contributed by atoms with E-state index in [0.717, 1.165) is 6.07 Å². The fourth-order valence-electron chi connectivity index (χ4n) is 1.92. The van der Waals surface area contributed by atoms with Gasteiger partial charge in [0.15, 0.2) is 0 Å². The van der Waals surface area contributed by atoms with Gasteiger partial charge in [0, 0.05) is 11.8 Å². The Hall–Kier alpha value is -1.18. The average Bonchev–Trinajstić information content (AvgIpc) is 2.41. The van der Waals surface area contributed by atoms with Crippen molar-refractivity contribution in [1.29, 1.82) is 0 Å². The summed E-state index contributed by atoms with van der Waals surface area (Å²) in [6.45, 7) is 0. The van der Waals surface area contributed by atoms with E-state index < -0.39 is 39.8 Å². The van der Waals surface area contributed by atoms with Crippen molar-refractivity contribution >= 4 is 34.8 Å². The van der Waals surface area contributed by atoms with E-state index in [2.05, 4.69) is 4.98 Å². The first kappa shape index (κ1) is 18.2. The highest BCUT2D eigenvalue weighted by atomic mass is 35.5. The highest BCUT2D eigenvalue weighted by Crippen LogP contribution is 2.47. The Kier molecular flexibility index (Phi) is 4.76. The van der Waals surface area contributed by atoms with Gasteiger partial charge in [-0.3, -0.25) is 4.98 Å². The van der Waals surface area contributed by atoms with Crippen molar-refractivity contribution in [2.24, 2.45) is 0 Å². The summed E-state index contributed by atoms with van der Waals surface area (Å²) in [6, 6.07) is 2.56. The SMILES string of the molecule is FC(F)(F)c1ccnc(-c2c(Cl)ccc(Cl)c2Cl)c1C(F)(F)F. The molecule has 0 radical (unpaired) electrons. The second kappa shape index (κ2) is 6.03. The number of alkyl halides is 6. The van der Waals surface area contributed by atoms with Crippen LogP contribution < -0.4 is 0 Å². The van der Waals surface area contributed by atoms with E-state index in [-0.39, 0.29) is 16.1 Å². The van der Waals surface area contributed by atoms with Crippen molar-refractivity contribution in [3.05, 3.63) is 50.6 Å². The van der Waals surface area contributed by atoms with Crippen LogP contribution in [-0.4, -0.2) is 4.98 Å². The maximum Gasteiger partial charge on any atom is 0.419 e. The summed E-state index contributed by atoms with van der Waals surface area (Å²) in [7, 11) is 0. The Morgan fingerprint density at radius 2 is 1.35 bits per heavy atom. The van der Waals surface area contributed by atoms with E-state index in [1.807, 2.05) is 0 Å². The van der Waals surface area contributed by atoms with Crippen molar-refractivity contribution in [2.75, 3.05) is 0 Å². The summed E-state index contributed by atoms with van der Waals surface area (Å²) in [4.78, 5) is 3.40. The van der Waals surface area contributed by atoms with Crippen LogP contribution in [-0.2, 0) is 12.4 Å². The molecule has 0 saturated carbocycles. The Bertz CT molecular complexity index is 755. The van der Waals surface area contributed by atoms with Crippen LogP contribution in [0.25, 0.3) is 11.3 Å². The molecule has 10 heteroatoms. The van der Waals surface area contributed by atoms with Crippen LogP contribution in [0.2, 0.25) is 15.1 Å². The monoisotopic (exact) mass is 393 g/mol. The molecular weight excluding hydrogens is 390 g/mol. The van der Waals surface area contributed by atoms with Crippen molar-refractivity contribution in [2.45, 2.75) is 12.4 Å². The topological polar surface area (TPSA) is 12.9 Å². The van der Waals surface area contributed by atoms with Crippen molar-refractivity contribution in [3.8, 4) is 11.3 Å². The van der Waals surface area contributed by atoms with Gasteiger partial charge in [0.25, 0.3) is 0 Å². The van der Waals surface area contributed by atoms with Gasteiger partial charge in [0.1, 0.15) is 0 Å². The summed E-state index contributed by atoms with van der Waals surface area (Å²) in [5, 5.41) is -0.897. The molecule has 0 bridgehead atoms. The van der Waals surface area contributed by atoms with Crippen molar-refractivity contribution < 1.29 is 26.3 Å². The van der Waals surface area contributed by atoms with Gasteiger partial charge in [-0.1, -0.05) is 34.8 Å². The normalized spacial score (nSPS) is 12.6. The summed E-state index contributed by atoms with van der Waals surface area (Å²) in [5.41, 5.74) is -5.41. The smallest absolute Gasteiger partial charge is 0.255 e. The molecule has 0 amide bonds. The first-order valence-electron chi connectivity index (χ1n) is 5.72. The highest BCUT2D eigenvalue weighted by Gasteiger charge is 2.46. The average molecular weight is 395 g/mol. The van der Waals surface area contributed by atoms with Crippen LogP contribution in [0.15, 0.2) is 24.4 Å². The molecule has 0 atom stereocenters. The Balaban J connectivity index is 2.93. The number of pyridine rings is 1. The Morgan fingerprint density at radius 1 is 0.783 bits per heavy atom. The minimum atomic E-state index is -5.33. The number of hydrogen-bond donors (Lipinski definition) is 0. The molecule has 23 heavy (non-hydrogen) atoms. The number of aromatic nitrogens is 1. The van der Waals surface area contributed by atoms with Crippen LogP contribution in [0.4, 0.5) is 26.3 Å². The molecule has 1 nitrogen and oxygen atoms in total. The lowest BCUT2D eigenvalue weighted by atomic mass is 10.00. The third-order valence-corrected chi connectivity index (χ3v) is 3.94. The molecule has 0 aliphatic rings. The zero-order valence-electron chi connectivity index (χ0n) is 10.7. The predicted octanol–water partition coefficient (Wildman–Crippen LogP) is 6.75. The summed E-state index contributed by atoms with van der Waals surface area (Å²) >= 11 is 17.3. The zero-order valence-corrected chi connectivity index (χ0v) is 12.9. The summed E-state index contributed by atoms with van der Waals surface area (Å²) < 4.78 is 78.5. The van der Waals surface area contributed by atoms with Crippen LogP contribution in [0.1, 0.15) is 11.1 Å². The Morgan fingerprint density at radius 3 is 1.87 bits per heavy atom. The number of rotatable bonds is 1. The van der Waals surface area contributed by atoms with E-state index in [1.54, 1.807) is 0 Å². The molecule has 0 spiro atoms. The largest absolute Gasteiger partial charge is 0.419 e. The van der Waals surface area contributed by atoms with E-state index >= 15 is 0 Å². The maximum atomic E-state index is 13.2. The van der Waals surface area contributed by atoms with Gasteiger partial charge in [-0.2, -0.15) is 26.3 Å². The maximum absolute atomic E-state index is 13.2. The second-order valence-corrected chi connectivity index (χ2v) is 5.49. The molecule has 124 valence electrons. The van der Waals surface area contributed by atoms with Gasteiger partial charge in [-0.25, -0.2) is 0 Å². The second-order valence-electron chi connectivity index (χ2n) is 4.30. The van der Waals surface area contributed by atoms with E-state index in [9.17, 15) is 26.3 Å². The van der Waals surface area contributed by atoms with Crippen molar-refractivity contribution in [1.82, 2.24) is 4.98 Å². The first-order chi connectivity index (χ1) is 10.4. The quantitative estimate of drug-likeness (QED) is 0.385. The number of hydrogen-bond acceptors (Lipinski definition) is 1. The molecule has 0 aliphatic heterocycles. The zero-order chi connectivity index (χ0) is 17.6. The first-order valence-corrected chi connectivity index (χ1v) is 6.85. The lowest BCUT2D eigenvalue weighted by Crippen LogP contribution is -2.18. The molecule has 0 fully saturated rings. The predicted molar refractivity (Wildman–Crippen MR) is 74.7 cm³/mol. The third kappa shape index (κ3) is 3.51. The van der Waals surface area contributed by atoms with Crippen LogP contribution in [0.3, 0.4) is 0 Å². The minimum Gasteiger partial charge on any atom is -0.255 e. The van der Waals surface area contributed by atoms with Gasteiger partial charge < -0.3 is 0 Å². The van der Waals surface area contributed by atoms with Crippen LogP contribution in [0, 0.1) is 0 Å². The molecule has 1 aromatic heterocycles. The fraction of sp³-hybridized carbons (Fsp3) is 0.154. The highest BCUT2D eigenvalue weighted by molar-refractivity contribution is 6.46. The van der Waals surface area contributed by atoms with Gasteiger partial charge in [-0.05, 0) is 18.2 Å². The molecule has 1 heterocycles. The number of halogens is 9. The molecule has 0 N–H and O–H groups in total. The molecular formula is C13H4Cl3F6N. The molecule has 1 aromatic carbocycles. The van der Waals surface area contributed by atoms with Gasteiger partial charge in [0.2, 0.25) is 0 Å². The van der Waals surface area contributed by atoms with Crippen molar-refractivity contribution in [3.63, 3.8) is 0 Å².